The van der Waals surface area contributed by atoms with Gasteiger partial charge in [-0.05, 0) is 13.3 Å². The number of urea groups is 1. The molecular weight excluding hydrogens is 200 g/mol. The number of hydrogen-bond acceptors (Lipinski definition) is 3. The fourth-order valence-electron chi connectivity index (χ4n) is 0.867. The summed E-state index contributed by atoms with van der Waals surface area (Å²) in [5.74, 6) is -1.03. The summed E-state index contributed by atoms with van der Waals surface area (Å²) in [6.45, 7) is 3.84. The normalized spacial score (nSPS) is 14.1. The third-order valence-electron chi connectivity index (χ3n) is 1.96. The van der Waals surface area contributed by atoms with Gasteiger partial charge in [0.25, 0.3) is 0 Å². The third kappa shape index (κ3) is 5.90. The molecule has 6 heteroatoms. The number of methoxy groups -OCH3 is 1. The second-order valence-corrected chi connectivity index (χ2v) is 3.20. The molecule has 0 heterocycles. The molecule has 0 bridgehead atoms. The van der Waals surface area contributed by atoms with Gasteiger partial charge in [-0.25, -0.2) is 9.59 Å². The molecule has 0 aromatic rings. The van der Waals surface area contributed by atoms with Gasteiger partial charge < -0.3 is 20.5 Å². The third-order valence-corrected chi connectivity index (χ3v) is 1.96. The first-order chi connectivity index (χ1) is 7.01. The number of ether oxygens (including phenoxy) is 1. The SMILES string of the molecule is CC[C@H](NC(=O)NCC(C)OC)C(=O)O. The van der Waals surface area contributed by atoms with Crippen molar-refractivity contribution in [3.05, 3.63) is 0 Å². The van der Waals surface area contributed by atoms with Crippen molar-refractivity contribution in [2.24, 2.45) is 0 Å². The van der Waals surface area contributed by atoms with Crippen molar-refractivity contribution in [1.29, 1.82) is 0 Å². The Morgan fingerprint density at radius 3 is 2.47 bits per heavy atom. The van der Waals surface area contributed by atoms with E-state index in [-0.39, 0.29) is 6.10 Å². The van der Waals surface area contributed by atoms with Crippen LogP contribution in [0.1, 0.15) is 20.3 Å². The van der Waals surface area contributed by atoms with E-state index < -0.39 is 18.0 Å². The number of aliphatic carboxylic acids is 1. The van der Waals surface area contributed by atoms with Crippen LogP contribution < -0.4 is 10.6 Å². The Hall–Kier alpha value is -1.30. The monoisotopic (exact) mass is 218 g/mol. The predicted molar refractivity (Wildman–Crippen MR) is 54.7 cm³/mol. The molecule has 3 N–H and O–H groups in total. The summed E-state index contributed by atoms with van der Waals surface area (Å²) in [6, 6.07) is -1.34. The Morgan fingerprint density at radius 1 is 1.47 bits per heavy atom. The lowest BCUT2D eigenvalue weighted by Crippen LogP contribution is -2.47. The number of carbonyl (C=O) groups is 2. The number of hydrogen-bond donors (Lipinski definition) is 3. The van der Waals surface area contributed by atoms with E-state index >= 15 is 0 Å². The van der Waals surface area contributed by atoms with E-state index in [2.05, 4.69) is 10.6 Å². The molecule has 0 saturated carbocycles. The minimum absolute atomic E-state index is 0.0966. The Bertz CT molecular complexity index is 220. The van der Waals surface area contributed by atoms with Crippen LogP contribution in [0, 0.1) is 0 Å². The topological polar surface area (TPSA) is 87.7 Å². The highest BCUT2D eigenvalue weighted by Gasteiger charge is 2.17. The zero-order valence-electron chi connectivity index (χ0n) is 9.24. The summed E-state index contributed by atoms with van der Waals surface area (Å²) in [6.07, 6.45) is 0.253. The second kappa shape index (κ2) is 7.05. The molecule has 0 aliphatic heterocycles. The van der Waals surface area contributed by atoms with Crippen LogP contribution in [0.15, 0.2) is 0 Å². The highest BCUT2D eigenvalue weighted by molar-refractivity contribution is 5.82. The van der Waals surface area contributed by atoms with Crippen molar-refractivity contribution >= 4 is 12.0 Å². The van der Waals surface area contributed by atoms with Crippen LogP contribution in [-0.4, -0.2) is 42.9 Å². The second-order valence-electron chi connectivity index (χ2n) is 3.20. The summed E-state index contributed by atoms with van der Waals surface area (Å²) >= 11 is 0. The van der Waals surface area contributed by atoms with Gasteiger partial charge in [0.15, 0.2) is 0 Å². The molecule has 2 amide bonds. The number of carbonyl (C=O) groups excluding carboxylic acids is 1. The zero-order chi connectivity index (χ0) is 11.8. The first-order valence-electron chi connectivity index (χ1n) is 4.81. The molecular formula is C9H18N2O4. The summed E-state index contributed by atoms with van der Waals surface area (Å²) in [5, 5.41) is 13.5. The fraction of sp³-hybridized carbons (Fsp3) is 0.778. The maximum Gasteiger partial charge on any atom is 0.326 e. The molecule has 0 aromatic heterocycles. The summed E-state index contributed by atoms with van der Waals surface area (Å²) in [5.41, 5.74) is 0. The number of carboxylic acid groups (broad SMARTS) is 1. The Morgan fingerprint density at radius 2 is 2.07 bits per heavy atom. The van der Waals surface area contributed by atoms with Crippen LogP contribution in [0.25, 0.3) is 0 Å². The average molecular weight is 218 g/mol. The van der Waals surface area contributed by atoms with Crippen molar-refractivity contribution in [3.63, 3.8) is 0 Å². The van der Waals surface area contributed by atoms with Crippen LogP contribution in [0.4, 0.5) is 4.79 Å². The van der Waals surface area contributed by atoms with E-state index in [1.807, 2.05) is 0 Å². The van der Waals surface area contributed by atoms with Crippen molar-refractivity contribution in [3.8, 4) is 0 Å². The van der Waals surface area contributed by atoms with Gasteiger partial charge in [0.2, 0.25) is 0 Å². The number of nitrogens with one attached hydrogen (secondary N) is 2. The summed E-state index contributed by atoms with van der Waals surface area (Å²) in [4.78, 5) is 21.8. The van der Waals surface area contributed by atoms with Gasteiger partial charge in [0.05, 0.1) is 6.10 Å². The van der Waals surface area contributed by atoms with Crippen LogP contribution in [0.5, 0.6) is 0 Å². The van der Waals surface area contributed by atoms with E-state index in [1.54, 1.807) is 13.8 Å². The van der Waals surface area contributed by atoms with Gasteiger partial charge in [-0.3, -0.25) is 0 Å². The van der Waals surface area contributed by atoms with E-state index in [9.17, 15) is 9.59 Å². The van der Waals surface area contributed by atoms with Crippen molar-refractivity contribution < 1.29 is 19.4 Å². The highest BCUT2D eigenvalue weighted by Crippen LogP contribution is 1.90. The van der Waals surface area contributed by atoms with Gasteiger partial charge in [0, 0.05) is 13.7 Å². The van der Waals surface area contributed by atoms with Gasteiger partial charge in [0.1, 0.15) is 6.04 Å². The maximum atomic E-state index is 11.2. The first kappa shape index (κ1) is 13.7. The molecule has 0 saturated heterocycles. The van der Waals surface area contributed by atoms with Crippen molar-refractivity contribution in [2.75, 3.05) is 13.7 Å². The largest absolute Gasteiger partial charge is 0.480 e. The van der Waals surface area contributed by atoms with E-state index in [0.29, 0.717) is 13.0 Å². The minimum atomic E-state index is -1.03. The van der Waals surface area contributed by atoms with Crippen molar-refractivity contribution in [1.82, 2.24) is 10.6 Å². The lowest BCUT2D eigenvalue weighted by atomic mass is 10.2. The molecule has 1 unspecified atom stereocenters. The molecule has 0 aliphatic rings. The molecule has 0 spiro atoms. The predicted octanol–water partition coefficient (Wildman–Crippen LogP) is 0.184. The highest BCUT2D eigenvalue weighted by atomic mass is 16.5. The first-order valence-corrected chi connectivity index (χ1v) is 4.81. The Kier molecular flexibility index (Phi) is 6.44. The smallest absolute Gasteiger partial charge is 0.326 e. The van der Waals surface area contributed by atoms with Gasteiger partial charge in [-0.15, -0.1) is 0 Å². The summed E-state index contributed by atoms with van der Waals surface area (Å²) in [7, 11) is 1.54. The van der Waals surface area contributed by atoms with Crippen LogP contribution in [-0.2, 0) is 9.53 Å². The molecule has 0 aromatic carbocycles. The molecule has 15 heavy (non-hydrogen) atoms. The fourth-order valence-corrected chi connectivity index (χ4v) is 0.867. The van der Waals surface area contributed by atoms with Crippen LogP contribution in [0.2, 0.25) is 0 Å². The van der Waals surface area contributed by atoms with E-state index in [0.717, 1.165) is 0 Å². The Labute approximate surface area is 89.0 Å². The average Bonchev–Trinajstić information content (AvgIpc) is 2.21. The minimum Gasteiger partial charge on any atom is -0.480 e. The standard InChI is InChI=1S/C9H18N2O4/c1-4-7(8(12)13)11-9(14)10-5-6(2)15-3/h6-7H,4-5H2,1-3H3,(H,12,13)(H2,10,11,14)/t6?,7-/m0/s1. The van der Waals surface area contributed by atoms with Gasteiger partial charge in [-0.1, -0.05) is 6.92 Å². The van der Waals surface area contributed by atoms with Gasteiger partial charge in [-0.2, -0.15) is 0 Å². The molecule has 6 nitrogen and oxygen atoms in total. The number of rotatable bonds is 6. The zero-order valence-corrected chi connectivity index (χ0v) is 9.24. The number of amides is 2. The lowest BCUT2D eigenvalue weighted by molar-refractivity contribution is -0.139. The molecule has 0 rings (SSSR count). The van der Waals surface area contributed by atoms with E-state index in [1.165, 1.54) is 7.11 Å². The molecule has 0 fully saturated rings. The lowest BCUT2D eigenvalue weighted by Gasteiger charge is -2.15. The van der Waals surface area contributed by atoms with Gasteiger partial charge >= 0.3 is 12.0 Å². The van der Waals surface area contributed by atoms with E-state index in [4.69, 9.17) is 9.84 Å². The summed E-state index contributed by atoms with van der Waals surface area (Å²) < 4.78 is 4.92. The Balaban J connectivity index is 3.86. The maximum absolute atomic E-state index is 11.2. The van der Waals surface area contributed by atoms with Crippen LogP contribution >= 0.6 is 0 Å². The van der Waals surface area contributed by atoms with Crippen molar-refractivity contribution in [2.45, 2.75) is 32.4 Å². The van der Waals surface area contributed by atoms with Crippen LogP contribution in [0.3, 0.4) is 0 Å². The number of carboxylic acids is 1. The molecule has 0 radical (unpaired) electrons. The molecule has 0 aliphatic carbocycles. The quantitative estimate of drug-likeness (QED) is 0.593. The molecule has 2 atom stereocenters. The molecule has 88 valence electrons.